The van der Waals surface area contributed by atoms with Gasteiger partial charge in [-0.15, -0.1) is 0 Å². The molecule has 0 aliphatic carbocycles. The van der Waals surface area contributed by atoms with Crippen LogP contribution in [0.15, 0.2) is 194 Å². The van der Waals surface area contributed by atoms with Crippen molar-refractivity contribution in [3.05, 3.63) is 206 Å². The summed E-state index contributed by atoms with van der Waals surface area (Å²) in [4.78, 5) is 4.89. The van der Waals surface area contributed by atoms with E-state index < -0.39 is 0 Å². The summed E-state index contributed by atoms with van der Waals surface area (Å²) >= 11 is 0. The van der Waals surface area contributed by atoms with E-state index in [0.29, 0.717) is 0 Å². The molecule has 0 fully saturated rings. The molecule has 0 unspecified atom stereocenters. The fraction of sp³-hybridized carbons (Fsp3) is 0.0690. The van der Waals surface area contributed by atoms with Gasteiger partial charge in [-0.3, -0.25) is 13.5 Å². The summed E-state index contributed by atoms with van der Waals surface area (Å²) in [6.45, 7) is 6.71. The number of imidazole rings is 1. The van der Waals surface area contributed by atoms with Crippen LogP contribution in [0.5, 0.6) is 11.5 Å². The Bertz CT molecular complexity index is 4110. The number of benzene rings is 8. The molecule has 0 saturated heterocycles. The SMILES string of the molecule is CC(C)(C)c1ccnc(-n2c3ccccc3c3ccc(Oc4cccc(-[n+]5[c-]n6c7ccccc7n7c8ccccc8c8cccc(c9ccccc9c9cccc5c96)c87)c4)cc32)c1. The molecule has 0 amide bonds. The van der Waals surface area contributed by atoms with Crippen LogP contribution in [0.4, 0.5) is 0 Å². The van der Waals surface area contributed by atoms with E-state index in [1.54, 1.807) is 0 Å². The molecule has 0 atom stereocenters. The molecule has 0 radical (unpaired) electrons. The lowest BCUT2D eigenvalue weighted by Crippen LogP contribution is -2.29. The first-order valence-electron chi connectivity index (χ1n) is 21.9. The van der Waals surface area contributed by atoms with Crippen LogP contribution in [0.25, 0.3) is 98.7 Å². The quantitative estimate of drug-likeness (QED) is 0.131. The molecule has 0 N–H and O–H groups in total. The zero-order valence-electron chi connectivity index (χ0n) is 35.6. The molecule has 5 aromatic heterocycles. The Morgan fingerprint density at radius 2 is 1.05 bits per heavy atom. The van der Waals surface area contributed by atoms with Crippen LogP contribution in [0.3, 0.4) is 0 Å². The van der Waals surface area contributed by atoms with Crippen LogP contribution in [-0.4, -0.2) is 18.4 Å². The number of hydrogen-bond donors (Lipinski definition) is 0. The zero-order chi connectivity index (χ0) is 42.7. The van der Waals surface area contributed by atoms with Crippen molar-refractivity contribution in [2.75, 3.05) is 0 Å². The number of rotatable bonds is 4. The first kappa shape index (κ1) is 36.4. The van der Waals surface area contributed by atoms with Crippen molar-refractivity contribution in [1.82, 2.24) is 18.4 Å². The van der Waals surface area contributed by atoms with Crippen molar-refractivity contribution >= 4 is 87.2 Å². The maximum Gasteiger partial charge on any atom is 0.269 e. The third-order valence-corrected chi connectivity index (χ3v) is 13.0. The molecule has 64 heavy (non-hydrogen) atoms. The van der Waals surface area contributed by atoms with Crippen LogP contribution in [-0.2, 0) is 5.41 Å². The molecule has 304 valence electrons. The highest BCUT2D eigenvalue weighted by atomic mass is 16.5. The van der Waals surface area contributed by atoms with Gasteiger partial charge in [0.1, 0.15) is 17.3 Å². The predicted molar refractivity (Wildman–Crippen MR) is 262 cm³/mol. The van der Waals surface area contributed by atoms with E-state index in [4.69, 9.17) is 9.72 Å². The Morgan fingerprint density at radius 3 is 1.81 bits per heavy atom. The average Bonchev–Trinajstić information content (AvgIpc) is 3.99. The Morgan fingerprint density at radius 1 is 0.469 bits per heavy atom. The van der Waals surface area contributed by atoms with E-state index in [1.807, 2.05) is 12.3 Å². The normalized spacial score (nSPS) is 12.3. The number of aromatic nitrogens is 5. The van der Waals surface area contributed by atoms with Crippen LogP contribution in [0.1, 0.15) is 26.3 Å². The summed E-state index contributed by atoms with van der Waals surface area (Å²) in [5, 5.41) is 9.47. The number of hydrogen-bond acceptors (Lipinski definition) is 2. The second-order valence-corrected chi connectivity index (χ2v) is 17.8. The van der Waals surface area contributed by atoms with Crippen molar-refractivity contribution in [2.45, 2.75) is 26.2 Å². The van der Waals surface area contributed by atoms with Crippen molar-refractivity contribution in [2.24, 2.45) is 0 Å². The molecule has 5 heterocycles. The standard InChI is InChI=1S/C58H41N5O/c1-58(2,3)37-31-32-59-55(33-37)62-49-24-8-6-19-43(49)45-30-29-40(35-54(45)62)64-39-16-12-15-38(34-39)60-36-61-51-26-10-11-27-52(51)63-50-25-9-7-20-44(50)48-22-13-21-46(56(48)63)41-17-4-5-18-42(41)47-23-14-28-53(60)57(47)61/h4-35H,1-3H3. The minimum Gasteiger partial charge on any atom is -0.458 e. The lowest BCUT2D eigenvalue weighted by Gasteiger charge is -2.20. The van der Waals surface area contributed by atoms with Gasteiger partial charge in [0.15, 0.2) is 0 Å². The van der Waals surface area contributed by atoms with Crippen LogP contribution in [0, 0.1) is 6.33 Å². The maximum atomic E-state index is 6.80. The Balaban J connectivity index is 1.03. The second-order valence-electron chi connectivity index (χ2n) is 17.8. The van der Waals surface area contributed by atoms with Gasteiger partial charge >= 0.3 is 0 Å². The highest BCUT2D eigenvalue weighted by molar-refractivity contribution is 6.23. The Kier molecular flexibility index (Phi) is 7.76. The fourth-order valence-electron chi connectivity index (χ4n) is 10.1. The Labute approximate surface area is 368 Å². The third kappa shape index (κ3) is 5.39. The molecule has 13 rings (SSSR count). The topological polar surface area (TPSA) is 39.8 Å². The minimum absolute atomic E-state index is 0.0161. The molecular weight excluding hydrogens is 783 g/mol. The van der Waals surface area contributed by atoms with E-state index in [-0.39, 0.29) is 5.41 Å². The van der Waals surface area contributed by atoms with Gasteiger partial charge in [-0.2, -0.15) is 0 Å². The van der Waals surface area contributed by atoms with Crippen LogP contribution >= 0.6 is 0 Å². The molecule has 8 aromatic carbocycles. The number of ether oxygens (including phenoxy) is 1. The molecule has 6 heteroatoms. The van der Waals surface area contributed by atoms with Crippen molar-refractivity contribution in [1.29, 1.82) is 0 Å². The van der Waals surface area contributed by atoms with Gasteiger partial charge in [-0.1, -0.05) is 136 Å². The van der Waals surface area contributed by atoms with Gasteiger partial charge in [-0.05, 0) is 93.9 Å². The highest BCUT2D eigenvalue weighted by Gasteiger charge is 2.20. The number of nitrogens with zero attached hydrogens (tertiary/aromatic N) is 5. The molecule has 13 aromatic rings. The Hall–Kier alpha value is -8.22. The van der Waals surface area contributed by atoms with Gasteiger partial charge in [0, 0.05) is 39.2 Å². The summed E-state index contributed by atoms with van der Waals surface area (Å²) in [6.07, 6.45) is 5.79. The molecule has 0 aliphatic heterocycles. The van der Waals surface area contributed by atoms with Gasteiger partial charge in [0.25, 0.3) is 6.33 Å². The first-order valence-corrected chi connectivity index (χ1v) is 21.9. The number of pyridine rings is 1. The third-order valence-electron chi connectivity index (χ3n) is 13.0. The summed E-state index contributed by atoms with van der Waals surface area (Å²) in [6, 6.07) is 67.2. The van der Waals surface area contributed by atoms with Crippen LogP contribution < -0.4 is 9.30 Å². The summed E-state index contributed by atoms with van der Waals surface area (Å²) in [5.41, 5.74) is 10.9. The van der Waals surface area contributed by atoms with E-state index in [2.05, 4.69) is 227 Å². The molecule has 0 spiro atoms. The number of fused-ring (bicyclic) bond motifs is 12. The minimum atomic E-state index is -0.0161. The van der Waals surface area contributed by atoms with Crippen LogP contribution in [0.2, 0.25) is 0 Å². The van der Waals surface area contributed by atoms with Gasteiger partial charge in [0.05, 0.1) is 49.8 Å². The molecule has 0 saturated carbocycles. The predicted octanol–water partition coefficient (Wildman–Crippen LogP) is 14.2. The molecular formula is C58H41N5O. The zero-order valence-corrected chi connectivity index (χ0v) is 35.6. The smallest absolute Gasteiger partial charge is 0.269 e. The van der Waals surface area contributed by atoms with Gasteiger partial charge in [-0.25, -0.2) is 4.98 Å². The maximum absolute atomic E-state index is 6.80. The van der Waals surface area contributed by atoms with E-state index in [0.717, 1.165) is 72.4 Å². The van der Waals surface area contributed by atoms with Crippen molar-refractivity contribution < 1.29 is 9.30 Å². The average molecular weight is 824 g/mol. The monoisotopic (exact) mass is 823 g/mol. The van der Waals surface area contributed by atoms with E-state index in [1.165, 1.54) is 43.4 Å². The largest absolute Gasteiger partial charge is 0.458 e. The summed E-state index contributed by atoms with van der Waals surface area (Å²) in [5.74, 6) is 2.36. The number of para-hydroxylation sites is 6. The molecule has 6 nitrogen and oxygen atoms in total. The fourth-order valence-corrected chi connectivity index (χ4v) is 10.1. The van der Waals surface area contributed by atoms with E-state index in [9.17, 15) is 0 Å². The van der Waals surface area contributed by atoms with Crippen molar-refractivity contribution in [3.8, 4) is 23.0 Å². The lowest BCUT2D eigenvalue weighted by molar-refractivity contribution is -0.572. The summed E-state index contributed by atoms with van der Waals surface area (Å²) in [7, 11) is 0. The molecule has 0 bridgehead atoms. The first-order chi connectivity index (χ1) is 31.4. The lowest BCUT2D eigenvalue weighted by atomic mass is 9.88. The summed E-state index contributed by atoms with van der Waals surface area (Å²) < 4.78 is 15.9. The second kappa shape index (κ2) is 13.6. The van der Waals surface area contributed by atoms with E-state index >= 15 is 0 Å². The van der Waals surface area contributed by atoms with Crippen molar-refractivity contribution in [3.63, 3.8) is 0 Å². The highest BCUT2D eigenvalue weighted by Crippen LogP contribution is 2.39. The van der Waals surface area contributed by atoms with Gasteiger partial charge < -0.3 is 9.14 Å². The van der Waals surface area contributed by atoms with Gasteiger partial charge in [0.2, 0.25) is 0 Å². The molecule has 0 aliphatic rings.